The van der Waals surface area contributed by atoms with E-state index < -0.39 is 34.1 Å². The quantitative estimate of drug-likeness (QED) is 0.352. The third-order valence-corrected chi connectivity index (χ3v) is 7.97. The molecule has 0 unspecified atom stereocenters. The van der Waals surface area contributed by atoms with Gasteiger partial charge < -0.3 is 10.2 Å². The summed E-state index contributed by atoms with van der Waals surface area (Å²) in [5.41, 5.74) is 3.08. The number of aryl methyl sites for hydroxylation is 1. The molecule has 9 heteroatoms. The van der Waals surface area contributed by atoms with Crippen molar-refractivity contribution in [2.75, 3.05) is 17.1 Å². The molecule has 0 aliphatic rings. The molecule has 3 aromatic carbocycles. The summed E-state index contributed by atoms with van der Waals surface area (Å²) < 4.78 is 27.0. The second-order valence-electron chi connectivity index (χ2n) is 11.1. The molecule has 2 amide bonds. The molecule has 0 fully saturated rings. The Kier molecular flexibility index (Phi) is 10.0. The van der Waals surface area contributed by atoms with E-state index in [2.05, 4.69) is 5.32 Å². The molecule has 40 heavy (non-hydrogen) atoms. The molecule has 214 valence electrons. The van der Waals surface area contributed by atoms with Crippen molar-refractivity contribution in [2.45, 2.75) is 59.2 Å². The minimum absolute atomic E-state index is 0.125. The van der Waals surface area contributed by atoms with Crippen molar-refractivity contribution in [3.63, 3.8) is 0 Å². The molecule has 0 spiro atoms. The lowest BCUT2D eigenvalue weighted by Gasteiger charge is -2.35. The van der Waals surface area contributed by atoms with Crippen LogP contribution in [0.4, 0.5) is 5.69 Å². The lowest BCUT2D eigenvalue weighted by Crippen LogP contribution is -2.56. The standard InChI is InChI=1S/C31H38ClN3O4S/c1-22-15-17-25(18-16-22)20-34(28(30(37)33-31(3,4)5)19-24-11-8-7-9-12-24)29(36)21-35(40(6,38)39)27-14-10-13-26(32)23(27)2/h7-18,28H,19-21H2,1-6H3,(H,33,37)/t28-/m1/s1. The minimum Gasteiger partial charge on any atom is -0.350 e. The van der Waals surface area contributed by atoms with Crippen molar-refractivity contribution in [1.82, 2.24) is 10.2 Å². The fraction of sp³-hybridized carbons (Fsp3) is 0.355. The fourth-order valence-electron chi connectivity index (χ4n) is 4.36. The number of hydrogen-bond acceptors (Lipinski definition) is 4. The van der Waals surface area contributed by atoms with Gasteiger partial charge >= 0.3 is 0 Å². The highest BCUT2D eigenvalue weighted by Crippen LogP contribution is 2.28. The van der Waals surface area contributed by atoms with Gasteiger partial charge in [0.05, 0.1) is 11.9 Å². The van der Waals surface area contributed by atoms with Crippen LogP contribution in [-0.2, 0) is 32.6 Å². The summed E-state index contributed by atoms with van der Waals surface area (Å²) in [4.78, 5) is 29.4. The summed E-state index contributed by atoms with van der Waals surface area (Å²) in [6.45, 7) is 8.95. The van der Waals surface area contributed by atoms with E-state index in [1.165, 1.54) is 4.90 Å². The molecule has 0 bridgehead atoms. The van der Waals surface area contributed by atoms with Gasteiger partial charge in [0.25, 0.3) is 0 Å². The Labute approximate surface area is 243 Å². The van der Waals surface area contributed by atoms with Crippen molar-refractivity contribution in [1.29, 1.82) is 0 Å². The molecular formula is C31H38ClN3O4S. The van der Waals surface area contributed by atoms with Crippen molar-refractivity contribution in [2.24, 2.45) is 0 Å². The van der Waals surface area contributed by atoms with Crippen molar-refractivity contribution < 1.29 is 18.0 Å². The average molecular weight is 584 g/mol. The molecule has 0 heterocycles. The number of sulfonamides is 1. The molecule has 3 aromatic rings. The minimum atomic E-state index is -3.87. The van der Waals surface area contributed by atoms with E-state index in [4.69, 9.17) is 11.6 Å². The number of carbonyl (C=O) groups excluding carboxylic acids is 2. The largest absolute Gasteiger partial charge is 0.350 e. The number of anilines is 1. The normalized spacial score (nSPS) is 12.5. The van der Waals surface area contributed by atoms with Gasteiger partial charge in [-0.05, 0) is 63.4 Å². The maximum atomic E-state index is 14.1. The van der Waals surface area contributed by atoms with Gasteiger partial charge in [0.1, 0.15) is 12.6 Å². The van der Waals surface area contributed by atoms with E-state index in [0.29, 0.717) is 16.3 Å². The molecule has 0 aliphatic carbocycles. The Morgan fingerprint density at radius 3 is 2.10 bits per heavy atom. The first-order valence-electron chi connectivity index (χ1n) is 13.1. The van der Waals surface area contributed by atoms with E-state index in [-0.39, 0.29) is 18.9 Å². The third-order valence-electron chi connectivity index (χ3n) is 6.43. The van der Waals surface area contributed by atoms with Crippen LogP contribution in [0.15, 0.2) is 72.8 Å². The van der Waals surface area contributed by atoms with Crippen LogP contribution in [0.5, 0.6) is 0 Å². The van der Waals surface area contributed by atoms with E-state index >= 15 is 0 Å². The maximum Gasteiger partial charge on any atom is 0.244 e. The summed E-state index contributed by atoms with van der Waals surface area (Å²) in [5, 5.41) is 3.41. The van der Waals surface area contributed by atoms with E-state index in [1.54, 1.807) is 25.1 Å². The number of amides is 2. The first-order valence-corrected chi connectivity index (χ1v) is 15.3. The van der Waals surface area contributed by atoms with Crippen LogP contribution < -0.4 is 9.62 Å². The van der Waals surface area contributed by atoms with Crippen LogP contribution in [0.1, 0.15) is 43.0 Å². The van der Waals surface area contributed by atoms with Crippen LogP contribution in [0.2, 0.25) is 5.02 Å². The lowest BCUT2D eigenvalue weighted by molar-refractivity contribution is -0.140. The zero-order valence-corrected chi connectivity index (χ0v) is 25.5. The molecular weight excluding hydrogens is 546 g/mol. The van der Waals surface area contributed by atoms with E-state index in [0.717, 1.165) is 27.3 Å². The number of rotatable bonds is 10. The van der Waals surface area contributed by atoms with Gasteiger partial charge in [-0.2, -0.15) is 0 Å². The van der Waals surface area contributed by atoms with Crippen LogP contribution in [0.3, 0.4) is 0 Å². The highest BCUT2D eigenvalue weighted by Gasteiger charge is 2.34. The summed E-state index contributed by atoms with van der Waals surface area (Å²) in [6, 6.07) is 21.2. The Bertz CT molecular complexity index is 1440. The van der Waals surface area contributed by atoms with Gasteiger partial charge in [-0.3, -0.25) is 13.9 Å². The van der Waals surface area contributed by atoms with Crippen molar-refractivity contribution in [3.8, 4) is 0 Å². The molecule has 7 nitrogen and oxygen atoms in total. The first-order chi connectivity index (χ1) is 18.7. The van der Waals surface area contributed by atoms with Gasteiger partial charge in [0, 0.05) is 23.5 Å². The van der Waals surface area contributed by atoms with Crippen LogP contribution in [0, 0.1) is 13.8 Å². The summed E-state index contributed by atoms with van der Waals surface area (Å²) >= 11 is 6.30. The monoisotopic (exact) mass is 583 g/mol. The number of carbonyl (C=O) groups is 2. The summed E-state index contributed by atoms with van der Waals surface area (Å²) in [6.07, 6.45) is 1.31. The average Bonchev–Trinajstić information content (AvgIpc) is 2.86. The maximum absolute atomic E-state index is 14.1. The topological polar surface area (TPSA) is 86.8 Å². The zero-order valence-electron chi connectivity index (χ0n) is 23.9. The van der Waals surface area contributed by atoms with Gasteiger partial charge in [-0.1, -0.05) is 77.8 Å². The number of hydrogen-bond donors (Lipinski definition) is 1. The van der Waals surface area contributed by atoms with Gasteiger partial charge in [0.15, 0.2) is 0 Å². The Morgan fingerprint density at radius 2 is 1.52 bits per heavy atom. The van der Waals surface area contributed by atoms with Gasteiger partial charge in [0.2, 0.25) is 21.8 Å². The highest BCUT2D eigenvalue weighted by molar-refractivity contribution is 7.92. The number of benzene rings is 3. The smallest absolute Gasteiger partial charge is 0.244 e. The summed E-state index contributed by atoms with van der Waals surface area (Å²) in [5.74, 6) is -0.822. The molecule has 0 aliphatic heterocycles. The fourth-order valence-corrected chi connectivity index (χ4v) is 5.43. The molecule has 0 radical (unpaired) electrons. The molecule has 0 aromatic heterocycles. The van der Waals surface area contributed by atoms with Crippen molar-refractivity contribution in [3.05, 3.63) is 100 Å². The third kappa shape index (κ3) is 8.57. The zero-order chi connectivity index (χ0) is 29.7. The van der Waals surface area contributed by atoms with Crippen LogP contribution in [0.25, 0.3) is 0 Å². The lowest BCUT2D eigenvalue weighted by atomic mass is 10.0. The predicted octanol–water partition coefficient (Wildman–Crippen LogP) is 5.28. The van der Waals surface area contributed by atoms with Gasteiger partial charge in [-0.15, -0.1) is 0 Å². The van der Waals surface area contributed by atoms with Crippen LogP contribution in [-0.4, -0.2) is 49.5 Å². The first kappa shape index (κ1) is 31.2. The molecule has 0 saturated heterocycles. The second-order valence-corrected chi connectivity index (χ2v) is 13.4. The highest BCUT2D eigenvalue weighted by atomic mass is 35.5. The number of halogens is 1. The van der Waals surface area contributed by atoms with Crippen LogP contribution >= 0.6 is 11.6 Å². The van der Waals surface area contributed by atoms with Crippen molar-refractivity contribution >= 4 is 39.1 Å². The van der Waals surface area contributed by atoms with E-state index in [9.17, 15) is 18.0 Å². The Balaban J connectivity index is 2.09. The Morgan fingerprint density at radius 1 is 0.900 bits per heavy atom. The second kappa shape index (κ2) is 12.9. The van der Waals surface area contributed by atoms with Gasteiger partial charge in [-0.25, -0.2) is 8.42 Å². The predicted molar refractivity (Wildman–Crippen MR) is 162 cm³/mol. The molecule has 1 atom stereocenters. The summed E-state index contributed by atoms with van der Waals surface area (Å²) in [7, 11) is -3.87. The molecule has 1 N–H and O–H groups in total. The number of nitrogens with zero attached hydrogens (tertiary/aromatic N) is 2. The number of nitrogens with one attached hydrogen (secondary N) is 1. The molecule has 0 saturated carbocycles. The SMILES string of the molecule is Cc1ccc(CN(C(=O)CN(c2cccc(Cl)c2C)S(C)(=O)=O)[C@H](Cc2ccccc2)C(=O)NC(C)(C)C)cc1. The van der Waals surface area contributed by atoms with E-state index in [1.807, 2.05) is 82.3 Å². The Hall–Kier alpha value is -3.36. The molecule has 3 rings (SSSR count).